The van der Waals surface area contributed by atoms with Crippen molar-refractivity contribution in [2.24, 2.45) is 5.73 Å². The molecule has 6 heteroatoms. The Morgan fingerprint density at radius 1 is 1.38 bits per heavy atom. The van der Waals surface area contributed by atoms with E-state index in [2.05, 4.69) is 20.5 Å². The molecule has 0 saturated heterocycles. The average molecular weight is 287 g/mol. The standard InChI is InChI=1S/C15H21N5O/c1-4-15(16,5-2)14(21)18-12-8-6-7-11(9-12)13-17-10(3)19-20-13/h6-9H,4-5,16H2,1-3H3,(H,18,21)(H,17,19,20). The Morgan fingerprint density at radius 3 is 2.67 bits per heavy atom. The van der Waals surface area contributed by atoms with Crippen molar-refractivity contribution >= 4 is 11.6 Å². The number of carbonyl (C=O) groups is 1. The highest BCUT2D eigenvalue weighted by Gasteiger charge is 2.29. The minimum atomic E-state index is -0.836. The van der Waals surface area contributed by atoms with Gasteiger partial charge in [-0.1, -0.05) is 26.0 Å². The van der Waals surface area contributed by atoms with E-state index >= 15 is 0 Å². The average Bonchev–Trinajstić information content (AvgIpc) is 2.93. The molecule has 1 aromatic heterocycles. The van der Waals surface area contributed by atoms with Gasteiger partial charge in [-0.3, -0.25) is 9.89 Å². The van der Waals surface area contributed by atoms with Crippen molar-refractivity contribution in [3.63, 3.8) is 0 Å². The van der Waals surface area contributed by atoms with Crippen LogP contribution in [0.15, 0.2) is 24.3 Å². The van der Waals surface area contributed by atoms with Gasteiger partial charge in [-0.25, -0.2) is 4.98 Å². The number of hydrogen-bond acceptors (Lipinski definition) is 4. The number of H-pyrrole nitrogens is 1. The van der Waals surface area contributed by atoms with Gasteiger partial charge in [0, 0.05) is 11.3 Å². The van der Waals surface area contributed by atoms with E-state index in [-0.39, 0.29) is 5.91 Å². The first-order chi connectivity index (χ1) is 9.98. The van der Waals surface area contributed by atoms with Crippen LogP contribution < -0.4 is 11.1 Å². The van der Waals surface area contributed by atoms with Gasteiger partial charge in [0.2, 0.25) is 5.91 Å². The maximum atomic E-state index is 12.3. The number of nitrogens with zero attached hydrogens (tertiary/aromatic N) is 2. The molecule has 0 spiro atoms. The van der Waals surface area contributed by atoms with E-state index in [4.69, 9.17) is 5.73 Å². The number of hydrogen-bond donors (Lipinski definition) is 3. The molecule has 2 rings (SSSR count). The van der Waals surface area contributed by atoms with Crippen LogP contribution in [-0.2, 0) is 4.79 Å². The Kier molecular flexibility index (Phi) is 4.37. The van der Waals surface area contributed by atoms with Crippen molar-refractivity contribution < 1.29 is 4.79 Å². The minimum absolute atomic E-state index is 0.171. The summed E-state index contributed by atoms with van der Waals surface area (Å²) in [4.78, 5) is 16.6. The Morgan fingerprint density at radius 2 is 2.10 bits per heavy atom. The summed E-state index contributed by atoms with van der Waals surface area (Å²) in [7, 11) is 0. The molecule has 0 aliphatic heterocycles. The zero-order valence-electron chi connectivity index (χ0n) is 12.6. The van der Waals surface area contributed by atoms with Gasteiger partial charge in [0.15, 0.2) is 5.82 Å². The molecule has 1 amide bonds. The zero-order chi connectivity index (χ0) is 15.5. The number of amides is 1. The van der Waals surface area contributed by atoms with Crippen molar-refractivity contribution in [2.75, 3.05) is 5.32 Å². The number of aromatic nitrogens is 3. The van der Waals surface area contributed by atoms with Gasteiger partial charge in [-0.2, -0.15) is 5.10 Å². The fourth-order valence-corrected chi connectivity index (χ4v) is 2.03. The van der Waals surface area contributed by atoms with Crippen LogP contribution in [0.3, 0.4) is 0 Å². The Bertz CT molecular complexity index is 630. The fourth-order valence-electron chi connectivity index (χ4n) is 2.03. The molecule has 2 aromatic rings. The van der Waals surface area contributed by atoms with Crippen molar-refractivity contribution in [1.29, 1.82) is 0 Å². The minimum Gasteiger partial charge on any atom is -0.324 e. The van der Waals surface area contributed by atoms with E-state index in [0.717, 1.165) is 11.4 Å². The number of rotatable bonds is 5. The van der Waals surface area contributed by atoms with E-state index in [1.165, 1.54) is 0 Å². The summed E-state index contributed by atoms with van der Waals surface area (Å²) in [6.07, 6.45) is 1.18. The number of anilines is 1. The van der Waals surface area contributed by atoms with Gasteiger partial charge in [-0.05, 0) is 31.9 Å². The van der Waals surface area contributed by atoms with Crippen LogP contribution in [0.1, 0.15) is 32.5 Å². The molecule has 0 saturated carbocycles. The third-order valence-electron chi connectivity index (χ3n) is 3.69. The van der Waals surface area contributed by atoms with Crippen molar-refractivity contribution in [1.82, 2.24) is 15.2 Å². The zero-order valence-corrected chi connectivity index (χ0v) is 12.6. The smallest absolute Gasteiger partial charge is 0.244 e. The molecular formula is C15H21N5O. The molecular weight excluding hydrogens is 266 g/mol. The number of carbonyl (C=O) groups excluding carboxylic acids is 1. The van der Waals surface area contributed by atoms with Crippen LogP contribution in [0.2, 0.25) is 0 Å². The van der Waals surface area contributed by atoms with Gasteiger partial charge in [0.25, 0.3) is 0 Å². The van der Waals surface area contributed by atoms with Crippen LogP contribution in [-0.4, -0.2) is 26.6 Å². The summed E-state index contributed by atoms with van der Waals surface area (Å²) >= 11 is 0. The van der Waals surface area contributed by atoms with Crippen molar-refractivity contribution in [2.45, 2.75) is 39.2 Å². The maximum Gasteiger partial charge on any atom is 0.244 e. The monoisotopic (exact) mass is 287 g/mol. The highest BCUT2D eigenvalue weighted by molar-refractivity contribution is 5.98. The molecule has 6 nitrogen and oxygen atoms in total. The lowest BCUT2D eigenvalue weighted by Gasteiger charge is -2.25. The third-order valence-corrected chi connectivity index (χ3v) is 3.69. The quantitative estimate of drug-likeness (QED) is 0.785. The van der Waals surface area contributed by atoms with E-state index in [1.54, 1.807) is 0 Å². The molecule has 0 aliphatic rings. The van der Waals surface area contributed by atoms with E-state index in [0.29, 0.717) is 24.4 Å². The predicted octanol–water partition coefficient (Wildman–Crippen LogP) is 2.24. The second kappa shape index (κ2) is 6.05. The molecule has 0 atom stereocenters. The lowest BCUT2D eigenvalue weighted by atomic mass is 9.93. The number of aromatic amines is 1. The van der Waals surface area contributed by atoms with E-state index < -0.39 is 5.54 Å². The topological polar surface area (TPSA) is 96.7 Å². The largest absolute Gasteiger partial charge is 0.324 e. The van der Waals surface area contributed by atoms with E-state index in [9.17, 15) is 4.79 Å². The van der Waals surface area contributed by atoms with Gasteiger partial charge in [0.05, 0.1) is 5.54 Å². The summed E-state index contributed by atoms with van der Waals surface area (Å²) in [5.41, 5.74) is 6.79. The second-order valence-corrected chi connectivity index (χ2v) is 5.14. The first kappa shape index (κ1) is 15.2. The van der Waals surface area contributed by atoms with Gasteiger partial charge >= 0.3 is 0 Å². The second-order valence-electron chi connectivity index (χ2n) is 5.14. The SMILES string of the molecule is CCC(N)(CC)C(=O)Nc1cccc(-c2n[nH]c(C)n2)c1. The molecule has 0 aliphatic carbocycles. The normalized spacial score (nSPS) is 11.4. The maximum absolute atomic E-state index is 12.3. The Labute approximate surface area is 124 Å². The number of nitrogens with one attached hydrogen (secondary N) is 2. The molecule has 1 aromatic carbocycles. The molecule has 0 bridgehead atoms. The summed E-state index contributed by atoms with van der Waals surface area (Å²) in [5, 5.41) is 9.79. The summed E-state index contributed by atoms with van der Waals surface area (Å²) < 4.78 is 0. The summed E-state index contributed by atoms with van der Waals surface area (Å²) in [5.74, 6) is 1.18. The molecule has 21 heavy (non-hydrogen) atoms. The highest BCUT2D eigenvalue weighted by atomic mass is 16.2. The number of aryl methyl sites for hydroxylation is 1. The van der Waals surface area contributed by atoms with E-state index in [1.807, 2.05) is 45.0 Å². The summed E-state index contributed by atoms with van der Waals surface area (Å²) in [6.45, 7) is 5.67. The van der Waals surface area contributed by atoms with Crippen molar-refractivity contribution in [3.05, 3.63) is 30.1 Å². The molecule has 0 fully saturated rings. The molecule has 0 unspecified atom stereocenters. The lowest BCUT2D eigenvalue weighted by Crippen LogP contribution is -2.50. The van der Waals surface area contributed by atoms with Gasteiger partial charge in [-0.15, -0.1) is 0 Å². The fraction of sp³-hybridized carbons (Fsp3) is 0.400. The van der Waals surface area contributed by atoms with Crippen molar-refractivity contribution in [3.8, 4) is 11.4 Å². The first-order valence-electron chi connectivity index (χ1n) is 7.08. The number of nitrogens with two attached hydrogens (primary N) is 1. The number of benzene rings is 1. The third kappa shape index (κ3) is 3.28. The Balaban J connectivity index is 2.20. The molecule has 4 N–H and O–H groups in total. The van der Waals surface area contributed by atoms with Crippen LogP contribution in [0.5, 0.6) is 0 Å². The first-order valence-corrected chi connectivity index (χ1v) is 7.08. The lowest BCUT2D eigenvalue weighted by molar-refractivity contribution is -0.121. The van der Waals surface area contributed by atoms with Crippen LogP contribution in [0.4, 0.5) is 5.69 Å². The predicted molar refractivity (Wildman–Crippen MR) is 82.7 cm³/mol. The molecule has 0 radical (unpaired) electrons. The van der Waals surface area contributed by atoms with Crippen LogP contribution in [0.25, 0.3) is 11.4 Å². The van der Waals surface area contributed by atoms with Gasteiger partial charge in [0.1, 0.15) is 5.82 Å². The van der Waals surface area contributed by atoms with Gasteiger partial charge < -0.3 is 11.1 Å². The summed E-state index contributed by atoms with van der Waals surface area (Å²) in [6, 6.07) is 7.42. The molecule has 1 heterocycles. The molecule has 112 valence electrons. The highest BCUT2D eigenvalue weighted by Crippen LogP contribution is 2.21. The van der Waals surface area contributed by atoms with Crippen LogP contribution in [0, 0.1) is 6.92 Å². The Hall–Kier alpha value is -2.21. The van der Waals surface area contributed by atoms with Crippen LogP contribution >= 0.6 is 0 Å².